The summed E-state index contributed by atoms with van der Waals surface area (Å²) in [6, 6.07) is 16.8. The van der Waals surface area contributed by atoms with Crippen LogP contribution >= 0.6 is 7.60 Å². The molecule has 42 heavy (non-hydrogen) atoms. The van der Waals surface area contributed by atoms with Gasteiger partial charge in [-0.3, -0.25) is 9.36 Å². The Morgan fingerprint density at radius 2 is 1.57 bits per heavy atom. The molecular formula is C33H42FO7P. The zero-order valence-electron chi connectivity index (χ0n) is 25.2. The molecule has 0 bridgehead atoms. The summed E-state index contributed by atoms with van der Waals surface area (Å²) in [6.45, 7) is 11.1. The molecule has 0 radical (unpaired) electrons. The highest BCUT2D eigenvalue weighted by atomic mass is 31.2. The van der Waals surface area contributed by atoms with Crippen LogP contribution in [0.3, 0.4) is 0 Å². The summed E-state index contributed by atoms with van der Waals surface area (Å²) in [6.07, 6.45) is 1.28. The van der Waals surface area contributed by atoms with E-state index in [0.717, 1.165) is 33.6 Å². The van der Waals surface area contributed by atoms with E-state index in [0.29, 0.717) is 50.3 Å². The van der Waals surface area contributed by atoms with Crippen molar-refractivity contribution >= 4 is 13.6 Å². The molecule has 0 fully saturated rings. The van der Waals surface area contributed by atoms with Gasteiger partial charge in [-0.05, 0) is 105 Å². The predicted octanol–water partition coefficient (Wildman–Crippen LogP) is 8.22. The topological polar surface area (TPSA) is 80.3 Å². The van der Waals surface area contributed by atoms with E-state index in [1.54, 1.807) is 32.9 Å². The molecule has 0 atom stereocenters. The summed E-state index contributed by atoms with van der Waals surface area (Å²) in [5.74, 6) is 0.430. The van der Waals surface area contributed by atoms with Gasteiger partial charge in [0.25, 0.3) is 0 Å². The monoisotopic (exact) mass is 600 g/mol. The molecule has 9 heteroatoms. The van der Waals surface area contributed by atoms with Crippen molar-refractivity contribution in [3.8, 4) is 22.6 Å². The Bertz CT molecular complexity index is 1340. The van der Waals surface area contributed by atoms with Crippen LogP contribution in [0.15, 0.2) is 54.6 Å². The maximum absolute atomic E-state index is 14.6. The van der Waals surface area contributed by atoms with E-state index >= 15 is 0 Å². The second kappa shape index (κ2) is 16.4. The fourth-order valence-electron chi connectivity index (χ4n) is 4.74. The Morgan fingerprint density at radius 3 is 2.21 bits per heavy atom. The number of esters is 1. The highest BCUT2D eigenvalue weighted by Gasteiger charge is 2.22. The Balaban J connectivity index is 1.60. The lowest BCUT2D eigenvalue weighted by molar-refractivity contribution is -0.143. The second-order valence-corrected chi connectivity index (χ2v) is 12.0. The van der Waals surface area contributed by atoms with Gasteiger partial charge in [0.05, 0.1) is 32.6 Å². The normalized spacial score (nSPS) is 11.4. The molecule has 3 aromatic rings. The number of aryl methyl sites for hydroxylation is 3. The summed E-state index contributed by atoms with van der Waals surface area (Å²) >= 11 is 0. The lowest BCUT2D eigenvalue weighted by Crippen LogP contribution is -2.06. The Hall–Kier alpha value is -3.19. The molecule has 228 valence electrons. The minimum Gasteiger partial charge on any atom is -0.494 e. The Morgan fingerprint density at radius 1 is 0.857 bits per heavy atom. The Labute approximate surface area is 248 Å². The van der Waals surface area contributed by atoms with E-state index in [4.69, 9.17) is 23.3 Å². The van der Waals surface area contributed by atoms with E-state index in [-0.39, 0.29) is 25.4 Å². The molecule has 0 unspecified atom stereocenters. The average Bonchev–Trinajstić information content (AvgIpc) is 2.94. The summed E-state index contributed by atoms with van der Waals surface area (Å²) < 4.78 is 54.7. The fraction of sp³-hybridized carbons (Fsp3) is 0.424. The number of benzene rings is 3. The van der Waals surface area contributed by atoms with Crippen LogP contribution < -0.4 is 9.47 Å². The smallest absolute Gasteiger partial charge is 0.330 e. The van der Waals surface area contributed by atoms with Crippen LogP contribution in [0.2, 0.25) is 0 Å². The first-order valence-corrected chi connectivity index (χ1v) is 16.2. The van der Waals surface area contributed by atoms with E-state index in [2.05, 4.69) is 12.1 Å². The van der Waals surface area contributed by atoms with Gasteiger partial charge in [0, 0.05) is 12.5 Å². The minimum atomic E-state index is -3.08. The standard InChI is InChI=1S/C33H42FO7P/c1-6-37-32(35)16-14-27-13-15-29(22-31(27)34)39-23-26-11-9-12-28(21-26)33-24(4)19-30(20-25(33)5)38-17-10-18-42(36,40-7-2)41-8-3/h9,11-13,15,19-22H,6-8,10,14,16-18,23H2,1-5H3. The second-order valence-electron chi connectivity index (χ2n) is 9.85. The maximum atomic E-state index is 14.6. The van der Waals surface area contributed by atoms with Crippen LogP contribution in [-0.4, -0.2) is 38.6 Å². The van der Waals surface area contributed by atoms with E-state index in [1.165, 1.54) is 6.07 Å². The number of carbonyl (C=O) groups is 1. The molecule has 0 aliphatic carbocycles. The first-order valence-electron chi connectivity index (χ1n) is 14.5. The molecule has 0 aromatic heterocycles. The summed E-state index contributed by atoms with van der Waals surface area (Å²) in [4.78, 5) is 11.6. The molecule has 0 aliphatic rings. The first kappa shape index (κ1) is 33.3. The molecule has 0 aliphatic heterocycles. The van der Waals surface area contributed by atoms with Gasteiger partial charge in [-0.2, -0.15) is 0 Å². The van der Waals surface area contributed by atoms with Crippen LogP contribution in [0.25, 0.3) is 11.1 Å². The van der Waals surface area contributed by atoms with Crippen molar-refractivity contribution < 1.29 is 37.0 Å². The molecule has 7 nitrogen and oxygen atoms in total. The first-order chi connectivity index (χ1) is 20.2. The highest BCUT2D eigenvalue weighted by molar-refractivity contribution is 7.53. The lowest BCUT2D eigenvalue weighted by Gasteiger charge is -2.17. The quantitative estimate of drug-likeness (QED) is 0.0877. The van der Waals surface area contributed by atoms with Crippen molar-refractivity contribution in [3.05, 3.63) is 82.7 Å². The molecule has 0 heterocycles. The van der Waals surface area contributed by atoms with E-state index < -0.39 is 13.4 Å². The minimum absolute atomic E-state index is 0.135. The van der Waals surface area contributed by atoms with Crippen molar-refractivity contribution in [2.24, 2.45) is 0 Å². The Kier molecular flexibility index (Phi) is 13.0. The molecule has 3 rings (SSSR count). The molecule has 0 saturated heterocycles. The average molecular weight is 601 g/mol. The van der Waals surface area contributed by atoms with Crippen LogP contribution in [0.1, 0.15) is 55.9 Å². The largest absolute Gasteiger partial charge is 0.494 e. The highest BCUT2D eigenvalue weighted by Crippen LogP contribution is 2.48. The van der Waals surface area contributed by atoms with Crippen molar-refractivity contribution in [1.29, 1.82) is 0 Å². The van der Waals surface area contributed by atoms with E-state index in [9.17, 15) is 13.8 Å². The predicted molar refractivity (Wildman–Crippen MR) is 163 cm³/mol. The number of rotatable bonds is 17. The SMILES string of the molecule is CCOC(=O)CCc1ccc(OCc2cccc(-c3c(C)cc(OCCCP(=O)(OCC)OCC)cc3C)c2)cc1F. The van der Waals surface area contributed by atoms with Crippen LogP contribution in [0, 0.1) is 19.7 Å². The van der Waals surface area contributed by atoms with Gasteiger partial charge in [-0.25, -0.2) is 4.39 Å². The number of ether oxygens (including phenoxy) is 3. The van der Waals surface area contributed by atoms with Crippen molar-refractivity contribution in [2.75, 3.05) is 32.6 Å². The lowest BCUT2D eigenvalue weighted by atomic mass is 9.94. The van der Waals surface area contributed by atoms with E-state index in [1.807, 2.05) is 38.1 Å². The van der Waals surface area contributed by atoms with Gasteiger partial charge in [-0.15, -0.1) is 0 Å². The van der Waals surface area contributed by atoms with Crippen molar-refractivity contribution in [1.82, 2.24) is 0 Å². The third-order valence-corrected chi connectivity index (χ3v) is 8.72. The van der Waals surface area contributed by atoms with Gasteiger partial charge < -0.3 is 23.3 Å². The summed E-state index contributed by atoms with van der Waals surface area (Å²) in [7, 11) is -3.08. The number of hydrogen-bond acceptors (Lipinski definition) is 7. The molecule has 0 saturated carbocycles. The van der Waals surface area contributed by atoms with Gasteiger partial charge in [0.15, 0.2) is 0 Å². The van der Waals surface area contributed by atoms with Crippen LogP contribution in [0.5, 0.6) is 11.5 Å². The van der Waals surface area contributed by atoms with Crippen LogP contribution in [0.4, 0.5) is 4.39 Å². The molecule has 0 N–H and O–H groups in total. The van der Waals surface area contributed by atoms with Gasteiger partial charge in [-0.1, -0.05) is 24.3 Å². The third kappa shape index (κ3) is 9.97. The van der Waals surface area contributed by atoms with Crippen molar-refractivity contribution in [3.63, 3.8) is 0 Å². The number of hydrogen-bond donors (Lipinski definition) is 0. The summed E-state index contributed by atoms with van der Waals surface area (Å²) in [5, 5.41) is 0. The molecule has 0 spiro atoms. The van der Waals surface area contributed by atoms with Crippen LogP contribution in [-0.2, 0) is 36.2 Å². The number of halogens is 1. The number of carbonyl (C=O) groups excluding carboxylic acids is 1. The van der Waals surface area contributed by atoms with Gasteiger partial charge in [0.1, 0.15) is 23.9 Å². The third-order valence-electron chi connectivity index (χ3n) is 6.55. The zero-order chi connectivity index (χ0) is 30.5. The maximum Gasteiger partial charge on any atom is 0.330 e. The fourth-order valence-corrected chi connectivity index (χ4v) is 6.38. The molecule has 3 aromatic carbocycles. The zero-order valence-corrected chi connectivity index (χ0v) is 26.1. The van der Waals surface area contributed by atoms with Gasteiger partial charge in [0.2, 0.25) is 0 Å². The molecular weight excluding hydrogens is 558 g/mol. The molecule has 0 amide bonds. The van der Waals surface area contributed by atoms with Gasteiger partial charge >= 0.3 is 13.6 Å². The van der Waals surface area contributed by atoms with Crippen molar-refractivity contribution in [2.45, 2.75) is 60.5 Å². The summed E-state index contributed by atoms with van der Waals surface area (Å²) in [5.41, 5.74) is 5.69.